The standard InChI is InChI=1S/C8H17NO5/c1-8(13,7(11)12)6-9-2-4-14-5-3-10/h9-10,13H,2-6H2,1H3,(H,11,12). The van der Waals surface area contributed by atoms with Gasteiger partial charge in [-0.05, 0) is 6.92 Å². The first-order valence-corrected chi connectivity index (χ1v) is 4.36. The second-order valence-electron chi connectivity index (χ2n) is 3.09. The van der Waals surface area contributed by atoms with Crippen LogP contribution in [0.4, 0.5) is 0 Å². The van der Waals surface area contributed by atoms with Gasteiger partial charge in [-0.1, -0.05) is 0 Å². The lowest BCUT2D eigenvalue weighted by atomic mass is 10.1. The average Bonchev–Trinajstić information content (AvgIpc) is 2.10. The average molecular weight is 207 g/mol. The number of carbonyl (C=O) groups is 1. The van der Waals surface area contributed by atoms with E-state index >= 15 is 0 Å². The normalized spacial score (nSPS) is 15.1. The molecular weight excluding hydrogens is 190 g/mol. The van der Waals surface area contributed by atoms with Gasteiger partial charge in [0.15, 0.2) is 5.60 Å². The highest BCUT2D eigenvalue weighted by Crippen LogP contribution is 1.99. The Morgan fingerprint density at radius 2 is 2.14 bits per heavy atom. The lowest BCUT2D eigenvalue weighted by Crippen LogP contribution is -2.45. The zero-order chi connectivity index (χ0) is 11.0. The number of aliphatic hydroxyl groups excluding tert-OH is 1. The molecule has 0 heterocycles. The van der Waals surface area contributed by atoms with Crippen molar-refractivity contribution in [1.82, 2.24) is 5.32 Å². The molecule has 0 aromatic rings. The lowest BCUT2D eigenvalue weighted by Gasteiger charge is -2.18. The van der Waals surface area contributed by atoms with E-state index in [2.05, 4.69) is 5.32 Å². The highest BCUT2D eigenvalue weighted by Gasteiger charge is 2.28. The van der Waals surface area contributed by atoms with Crippen LogP contribution in [0.2, 0.25) is 0 Å². The molecule has 4 N–H and O–H groups in total. The van der Waals surface area contributed by atoms with Crippen molar-refractivity contribution in [2.45, 2.75) is 12.5 Å². The van der Waals surface area contributed by atoms with Gasteiger partial charge in [-0.15, -0.1) is 0 Å². The number of aliphatic hydroxyl groups is 2. The summed E-state index contributed by atoms with van der Waals surface area (Å²) in [7, 11) is 0. The van der Waals surface area contributed by atoms with Crippen molar-refractivity contribution in [1.29, 1.82) is 0 Å². The first kappa shape index (κ1) is 13.3. The fraction of sp³-hybridized carbons (Fsp3) is 0.875. The Kier molecular flexibility index (Phi) is 6.39. The maximum Gasteiger partial charge on any atom is 0.336 e. The van der Waals surface area contributed by atoms with Crippen molar-refractivity contribution in [3.05, 3.63) is 0 Å². The molecular formula is C8H17NO5. The molecule has 0 aliphatic heterocycles. The van der Waals surface area contributed by atoms with Crippen LogP contribution in [0, 0.1) is 0 Å². The van der Waals surface area contributed by atoms with Gasteiger partial charge in [-0.3, -0.25) is 0 Å². The minimum absolute atomic E-state index is 0.0349. The van der Waals surface area contributed by atoms with Crippen LogP contribution in [0.5, 0.6) is 0 Å². The van der Waals surface area contributed by atoms with E-state index in [9.17, 15) is 9.90 Å². The lowest BCUT2D eigenvalue weighted by molar-refractivity contribution is -0.156. The molecule has 84 valence electrons. The van der Waals surface area contributed by atoms with Gasteiger partial charge in [0, 0.05) is 13.1 Å². The summed E-state index contributed by atoms with van der Waals surface area (Å²) in [5, 5.41) is 28.9. The SMILES string of the molecule is CC(O)(CNCCOCCO)C(=O)O. The first-order valence-electron chi connectivity index (χ1n) is 4.36. The fourth-order valence-electron chi connectivity index (χ4n) is 0.718. The molecule has 6 heteroatoms. The van der Waals surface area contributed by atoms with Crippen LogP contribution in [0.15, 0.2) is 0 Å². The summed E-state index contributed by atoms with van der Waals surface area (Å²) in [6, 6.07) is 0. The summed E-state index contributed by atoms with van der Waals surface area (Å²) >= 11 is 0. The summed E-state index contributed by atoms with van der Waals surface area (Å²) < 4.78 is 4.92. The third-order valence-corrected chi connectivity index (χ3v) is 1.59. The van der Waals surface area contributed by atoms with Crippen molar-refractivity contribution in [2.24, 2.45) is 0 Å². The summed E-state index contributed by atoms with van der Waals surface area (Å²) in [6.45, 7) is 2.21. The van der Waals surface area contributed by atoms with Crippen LogP contribution >= 0.6 is 0 Å². The second kappa shape index (κ2) is 6.72. The summed E-state index contributed by atoms with van der Waals surface area (Å²) in [5.41, 5.74) is -1.75. The summed E-state index contributed by atoms with van der Waals surface area (Å²) in [4.78, 5) is 10.4. The highest BCUT2D eigenvalue weighted by atomic mass is 16.5. The van der Waals surface area contributed by atoms with E-state index in [1.807, 2.05) is 0 Å². The van der Waals surface area contributed by atoms with Crippen LogP contribution in [0.25, 0.3) is 0 Å². The molecule has 0 amide bonds. The van der Waals surface area contributed by atoms with Gasteiger partial charge in [0.25, 0.3) is 0 Å². The highest BCUT2D eigenvalue weighted by molar-refractivity contribution is 5.76. The zero-order valence-electron chi connectivity index (χ0n) is 8.19. The molecule has 6 nitrogen and oxygen atoms in total. The summed E-state index contributed by atoms with van der Waals surface area (Å²) in [6.07, 6.45) is 0. The van der Waals surface area contributed by atoms with Gasteiger partial charge >= 0.3 is 5.97 Å². The van der Waals surface area contributed by atoms with Crippen molar-refractivity contribution >= 4 is 5.97 Å². The van der Waals surface area contributed by atoms with Crippen molar-refractivity contribution in [3.8, 4) is 0 Å². The van der Waals surface area contributed by atoms with E-state index in [0.717, 1.165) is 0 Å². The number of aliphatic carboxylic acids is 1. The predicted octanol–water partition coefficient (Wildman–Crippen LogP) is -1.58. The Morgan fingerprint density at radius 3 is 2.64 bits per heavy atom. The quantitative estimate of drug-likeness (QED) is 0.359. The van der Waals surface area contributed by atoms with Gasteiger partial charge in [0.1, 0.15) is 0 Å². The van der Waals surface area contributed by atoms with Crippen molar-refractivity contribution in [2.75, 3.05) is 32.9 Å². The minimum atomic E-state index is -1.75. The van der Waals surface area contributed by atoms with Crippen molar-refractivity contribution in [3.63, 3.8) is 0 Å². The van der Waals surface area contributed by atoms with Gasteiger partial charge < -0.3 is 25.4 Å². The van der Waals surface area contributed by atoms with E-state index in [4.69, 9.17) is 14.9 Å². The first-order chi connectivity index (χ1) is 6.50. The number of nitrogens with one attached hydrogen (secondary N) is 1. The molecule has 1 unspecified atom stereocenters. The minimum Gasteiger partial charge on any atom is -0.479 e. The number of ether oxygens (including phenoxy) is 1. The van der Waals surface area contributed by atoms with E-state index in [1.165, 1.54) is 6.92 Å². The number of carboxylic acids is 1. The van der Waals surface area contributed by atoms with Crippen LogP contribution in [-0.4, -0.2) is 59.8 Å². The molecule has 0 fully saturated rings. The maximum atomic E-state index is 10.4. The van der Waals surface area contributed by atoms with Crippen LogP contribution in [-0.2, 0) is 9.53 Å². The van der Waals surface area contributed by atoms with Gasteiger partial charge in [0.2, 0.25) is 0 Å². The van der Waals surface area contributed by atoms with Crippen LogP contribution in [0.1, 0.15) is 6.92 Å². The molecule has 0 spiro atoms. The zero-order valence-corrected chi connectivity index (χ0v) is 8.19. The van der Waals surface area contributed by atoms with E-state index < -0.39 is 11.6 Å². The molecule has 0 saturated heterocycles. The third kappa shape index (κ3) is 5.87. The Labute approximate surface area is 82.5 Å². The predicted molar refractivity (Wildman–Crippen MR) is 49.0 cm³/mol. The number of hydrogen-bond donors (Lipinski definition) is 4. The number of hydrogen-bond acceptors (Lipinski definition) is 5. The van der Waals surface area contributed by atoms with Gasteiger partial charge in [-0.25, -0.2) is 4.79 Å². The molecule has 1 atom stereocenters. The Morgan fingerprint density at radius 1 is 1.50 bits per heavy atom. The summed E-state index contributed by atoms with van der Waals surface area (Å²) in [5.74, 6) is -1.26. The third-order valence-electron chi connectivity index (χ3n) is 1.59. The molecule has 14 heavy (non-hydrogen) atoms. The monoisotopic (exact) mass is 207 g/mol. The number of rotatable bonds is 8. The fourth-order valence-corrected chi connectivity index (χ4v) is 0.718. The molecule has 0 aliphatic carbocycles. The van der Waals surface area contributed by atoms with Gasteiger partial charge in [-0.2, -0.15) is 0 Å². The molecule has 0 aromatic heterocycles. The molecule has 0 aliphatic rings. The second-order valence-corrected chi connectivity index (χ2v) is 3.09. The van der Waals surface area contributed by atoms with E-state index in [0.29, 0.717) is 13.2 Å². The van der Waals surface area contributed by atoms with Crippen LogP contribution < -0.4 is 5.32 Å². The van der Waals surface area contributed by atoms with Crippen molar-refractivity contribution < 1.29 is 24.9 Å². The topological polar surface area (TPSA) is 99.0 Å². The Balaban J connectivity index is 3.40. The maximum absolute atomic E-state index is 10.4. The smallest absolute Gasteiger partial charge is 0.336 e. The number of carboxylic acid groups (broad SMARTS) is 1. The van der Waals surface area contributed by atoms with E-state index in [1.54, 1.807) is 0 Å². The Hall–Kier alpha value is -0.690. The molecule has 0 aromatic carbocycles. The largest absolute Gasteiger partial charge is 0.479 e. The van der Waals surface area contributed by atoms with Crippen LogP contribution in [0.3, 0.4) is 0 Å². The van der Waals surface area contributed by atoms with Gasteiger partial charge in [0.05, 0.1) is 19.8 Å². The molecule has 0 radical (unpaired) electrons. The molecule has 0 rings (SSSR count). The molecule has 0 bridgehead atoms. The molecule has 0 saturated carbocycles. The van der Waals surface area contributed by atoms with E-state index in [-0.39, 0.29) is 19.8 Å². The Bertz CT molecular complexity index is 171.